The van der Waals surface area contributed by atoms with Gasteiger partial charge in [0.1, 0.15) is 0 Å². The Labute approximate surface area is 93.4 Å². The van der Waals surface area contributed by atoms with E-state index in [0.717, 1.165) is 12.0 Å². The van der Waals surface area contributed by atoms with Crippen LogP contribution in [0.3, 0.4) is 0 Å². The van der Waals surface area contributed by atoms with E-state index in [4.69, 9.17) is 0 Å². The Kier molecular flexibility index (Phi) is 5.95. The molecule has 0 amide bonds. The molecule has 0 aromatic rings. The summed E-state index contributed by atoms with van der Waals surface area (Å²) >= 11 is 2.11. The molecule has 2 heteroatoms. The Balaban J connectivity index is 2.26. The summed E-state index contributed by atoms with van der Waals surface area (Å²) in [6, 6.07) is 1.48. The molecule has 84 valence electrons. The molecule has 1 nitrogen and oxygen atoms in total. The standard InChI is InChI=1S/C12H25NS/c1-4-11(5-2)10(3)13-12-7-6-8-14-9-12/h10-13H,4-9H2,1-3H3. The van der Waals surface area contributed by atoms with Crippen molar-refractivity contribution >= 4 is 11.8 Å². The molecule has 1 fully saturated rings. The van der Waals surface area contributed by atoms with Gasteiger partial charge < -0.3 is 5.32 Å². The van der Waals surface area contributed by atoms with E-state index >= 15 is 0 Å². The molecule has 2 atom stereocenters. The molecule has 2 unspecified atom stereocenters. The smallest absolute Gasteiger partial charge is 0.0161 e. The maximum atomic E-state index is 3.80. The molecular weight excluding hydrogens is 190 g/mol. The van der Waals surface area contributed by atoms with Crippen molar-refractivity contribution in [2.24, 2.45) is 5.92 Å². The van der Waals surface area contributed by atoms with Crippen LogP contribution in [0.4, 0.5) is 0 Å². The van der Waals surface area contributed by atoms with Crippen molar-refractivity contribution in [2.45, 2.75) is 58.5 Å². The maximum Gasteiger partial charge on any atom is 0.0161 e. The highest BCUT2D eigenvalue weighted by molar-refractivity contribution is 7.99. The number of hydrogen-bond donors (Lipinski definition) is 1. The zero-order chi connectivity index (χ0) is 10.4. The highest BCUT2D eigenvalue weighted by Gasteiger charge is 2.19. The first-order valence-corrected chi connectivity index (χ1v) is 7.27. The molecule has 1 heterocycles. The summed E-state index contributed by atoms with van der Waals surface area (Å²) in [6.45, 7) is 6.97. The molecule has 1 aliphatic rings. The third-order valence-electron chi connectivity index (χ3n) is 3.41. The zero-order valence-electron chi connectivity index (χ0n) is 9.88. The molecular formula is C12H25NS. The molecule has 0 radical (unpaired) electrons. The fraction of sp³-hybridized carbons (Fsp3) is 1.00. The average Bonchev–Trinajstić information content (AvgIpc) is 2.21. The Morgan fingerprint density at radius 2 is 2.07 bits per heavy atom. The zero-order valence-corrected chi connectivity index (χ0v) is 10.7. The minimum atomic E-state index is 0.702. The van der Waals surface area contributed by atoms with Gasteiger partial charge in [0.15, 0.2) is 0 Å². The van der Waals surface area contributed by atoms with Crippen molar-refractivity contribution in [1.82, 2.24) is 5.32 Å². The summed E-state index contributed by atoms with van der Waals surface area (Å²) in [5, 5.41) is 3.80. The second-order valence-corrected chi connectivity index (χ2v) is 5.60. The average molecular weight is 215 g/mol. The van der Waals surface area contributed by atoms with Gasteiger partial charge in [-0.1, -0.05) is 26.7 Å². The highest BCUT2D eigenvalue weighted by atomic mass is 32.2. The lowest BCUT2D eigenvalue weighted by Crippen LogP contribution is -2.43. The first kappa shape index (κ1) is 12.4. The Bertz CT molecular complexity index is 139. The van der Waals surface area contributed by atoms with Crippen LogP contribution in [0.15, 0.2) is 0 Å². The Hall–Kier alpha value is 0.310. The highest BCUT2D eigenvalue weighted by Crippen LogP contribution is 2.20. The number of nitrogens with one attached hydrogen (secondary N) is 1. The van der Waals surface area contributed by atoms with Crippen LogP contribution >= 0.6 is 11.8 Å². The Morgan fingerprint density at radius 3 is 2.57 bits per heavy atom. The van der Waals surface area contributed by atoms with E-state index < -0.39 is 0 Å². The van der Waals surface area contributed by atoms with E-state index in [9.17, 15) is 0 Å². The predicted octanol–water partition coefficient (Wildman–Crippen LogP) is 3.30. The molecule has 1 rings (SSSR count). The molecule has 1 N–H and O–H groups in total. The van der Waals surface area contributed by atoms with Gasteiger partial charge in [-0.2, -0.15) is 11.8 Å². The van der Waals surface area contributed by atoms with Crippen molar-refractivity contribution in [1.29, 1.82) is 0 Å². The molecule has 0 saturated carbocycles. The fourth-order valence-corrected chi connectivity index (χ4v) is 3.46. The molecule has 0 aromatic heterocycles. The van der Waals surface area contributed by atoms with Gasteiger partial charge in [-0.3, -0.25) is 0 Å². The van der Waals surface area contributed by atoms with Gasteiger partial charge in [0, 0.05) is 17.8 Å². The lowest BCUT2D eigenvalue weighted by atomic mass is 9.94. The van der Waals surface area contributed by atoms with E-state index in [1.165, 1.54) is 37.2 Å². The quantitative estimate of drug-likeness (QED) is 0.755. The van der Waals surface area contributed by atoms with Crippen molar-refractivity contribution in [2.75, 3.05) is 11.5 Å². The van der Waals surface area contributed by atoms with E-state index in [0.29, 0.717) is 6.04 Å². The topological polar surface area (TPSA) is 12.0 Å². The molecule has 1 aliphatic heterocycles. The summed E-state index contributed by atoms with van der Waals surface area (Å²) in [4.78, 5) is 0. The lowest BCUT2D eigenvalue weighted by molar-refractivity contribution is 0.321. The van der Waals surface area contributed by atoms with Gasteiger partial charge in [0.05, 0.1) is 0 Å². The van der Waals surface area contributed by atoms with Crippen LogP contribution in [-0.4, -0.2) is 23.6 Å². The third kappa shape index (κ3) is 3.82. The molecule has 1 saturated heterocycles. The van der Waals surface area contributed by atoms with Crippen molar-refractivity contribution in [3.05, 3.63) is 0 Å². The number of thioether (sulfide) groups is 1. The van der Waals surface area contributed by atoms with Gasteiger partial charge >= 0.3 is 0 Å². The summed E-state index contributed by atoms with van der Waals surface area (Å²) in [7, 11) is 0. The summed E-state index contributed by atoms with van der Waals surface area (Å²) in [6.07, 6.45) is 5.41. The summed E-state index contributed by atoms with van der Waals surface area (Å²) in [5.41, 5.74) is 0. The van der Waals surface area contributed by atoms with Gasteiger partial charge in [0.2, 0.25) is 0 Å². The van der Waals surface area contributed by atoms with E-state index in [2.05, 4.69) is 37.8 Å². The van der Waals surface area contributed by atoms with E-state index in [-0.39, 0.29) is 0 Å². The number of rotatable bonds is 5. The third-order valence-corrected chi connectivity index (χ3v) is 4.63. The second-order valence-electron chi connectivity index (χ2n) is 4.45. The largest absolute Gasteiger partial charge is 0.310 e. The van der Waals surface area contributed by atoms with Gasteiger partial charge in [-0.25, -0.2) is 0 Å². The minimum absolute atomic E-state index is 0.702. The van der Waals surface area contributed by atoms with E-state index in [1.807, 2.05) is 0 Å². The second kappa shape index (κ2) is 6.73. The van der Waals surface area contributed by atoms with Crippen molar-refractivity contribution in [3.63, 3.8) is 0 Å². The molecule has 0 aliphatic carbocycles. The van der Waals surface area contributed by atoms with Crippen LogP contribution in [0.1, 0.15) is 46.5 Å². The van der Waals surface area contributed by atoms with Crippen LogP contribution in [0, 0.1) is 5.92 Å². The SMILES string of the molecule is CCC(CC)C(C)NC1CCCSC1. The fourth-order valence-electron chi connectivity index (χ4n) is 2.38. The van der Waals surface area contributed by atoms with Crippen LogP contribution in [0.25, 0.3) is 0 Å². The normalized spacial score (nSPS) is 25.3. The first-order chi connectivity index (χ1) is 6.77. The predicted molar refractivity (Wildman–Crippen MR) is 67.0 cm³/mol. The molecule has 0 bridgehead atoms. The van der Waals surface area contributed by atoms with Crippen molar-refractivity contribution in [3.8, 4) is 0 Å². The lowest BCUT2D eigenvalue weighted by Gasteiger charge is -2.30. The van der Waals surface area contributed by atoms with Crippen LogP contribution < -0.4 is 5.32 Å². The van der Waals surface area contributed by atoms with Crippen LogP contribution in [0.5, 0.6) is 0 Å². The first-order valence-electron chi connectivity index (χ1n) is 6.11. The van der Waals surface area contributed by atoms with Gasteiger partial charge in [0.25, 0.3) is 0 Å². The van der Waals surface area contributed by atoms with Crippen molar-refractivity contribution < 1.29 is 0 Å². The van der Waals surface area contributed by atoms with Gasteiger partial charge in [-0.05, 0) is 31.4 Å². The summed E-state index contributed by atoms with van der Waals surface area (Å²) < 4.78 is 0. The number of hydrogen-bond acceptors (Lipinski definition) is 2. The van der Waals surface area contributed by atoms with Crippen LogP contribution in [0.2, 0.25) is 0 Å². The van der Waals surface area contributed by atoms with Gasteiger partial charge in [-0.15, -0.1) is 0 Å². The summed E-state index contributed by atoms with van der Waals surface area (Å²) in [5.74, 6) is 3.56. The molecule has 14 heavy (non-hydrogen) atoms. The molecule has 0 aromatic carbocycles. The van der Waals surface area contributed by atoms with Crippen LogP contribution in [-0.2, 0) is 0 Å². The minimum Gasteiger partial charge on any atom is -0.310 e. The molecule has 0 spiro atoms. The van der Waals surface area contributed by atoms with E-state index in [1.54, 1.807) is 0 Å². The Morgan fingerprint density at radius 1 is 1.36 bits per heavy atom. The maximum absolute atomic E-state index is 3.80. The monoisotopic (exact) mass is 215 g/mol.